The van der Waals surface area contributed by atoms with E-state index >= 15 is 0 Å². The van der Waals surface area contributed by atoms with Crippen molar-refractivity contribution in [2.24, 2.45) is 11.0 Å². The topological polar surface area (TPSA) is 65.8 Å². The molecule has 1 aliphatic rings. The summed E-state index contributed by atoms with van der Waals surface area (Å²) in [5.74, 6) is -1.44. The van der Waals surface area contributed by atoms with Crippen LogP contribution in [0.5, 0.6) is 0 Å². The molecule has 2 heterocycles. The van der Waals surface area contributed by atoms with E-state index in [0.717, 1.165) is 5.56 Å². The highest BCUT2D eigenvalue weighted by Gasteiger charge is 2.39. The average molecular weight is 219 g/mol. The maximum Gasteiger partial charge on any atom is 0.314 e. The van der Waals surface area contributed by atoms with Crippen LogP contribution in [0.25, 0.3) is 0 Å². The van der Waals surface area contributed by atoms with Crippen LogP contribution in [0.15, 0.2) is 29.6 Å². The molecule has 84 valence electrons. The molecule has 0 aromatic carbocycles. The Hall–Kier alpha value is -1.91. The van der Waals surface area contributed by atoms with Gasteiger partial charge >= 0.3 is 5.97 Å². The maximum atomic E-state index is 11.2. The van der Waals surface area contributed by atoms with E-state index in [1.165, 1.54) is 0 Å². The molecule has 0 radical (unpaired) electrons. The number of carboxylic acid groups (broad SMARTS) is 1. The summed E-state index contributed by atoms with van der Waals surface area (Å²) in [5.41, 5.74) is 1.50. The minimum Gasteiger partial charge on any atom is -0.481 e. The SMILES string of the molecule is CC1=NN(C)C(c2cccnc2)C1C(=O)O. The average Bonchev–Trinajstić information content (AvgIpc) is 2.55. The number of pyridine rings is 1. The van der Waals surface area contributed by atoms with Gasteiger partial charge < -0.3 is 5.11 Å². The van der Waals surface area contributed by atoms with Crippen molar-refractivity contribution in [2.75, 3.05) is 7.05 Å². The summed E-state index contributed by atoms with van der Waals surface area (Å²) in [6.45, 7) is 1.74. The lowest BCUT2D eigenvalue weighted by atomic mass is 9.92. The molecule has 0 aliphatic carbocycles. The lowest BCUT2D eigenvalue weighted by Gasteiger charge is -2.22. The summed E-state index contributed by atoms with van der Waals surface area (Å²) < 4.78 is 0. The molecular weight excluding hydrogens is 206 g/mol. The summed E-state index contributed by atoms with van der Waals surface area (Å²) in [6.07, 6.45) is 3.35. The van der Waals surface area contributed by atoms with Crippen LogP contribution < -0.4 is 0 Å². The fourth-order valence-electron chi connectivity index (χ4n) is 2.09. The Morgan fingerprint density at radius 1 is 1.56 bits per heavy atom. The Balaban J connectivity index is 2.38. The number of hydrogen-bond donors (Lipinski definition) is 1. The molecule has 16 heavy (non-hydrogen) atoms. The Kier molecular flexibility index (Phi) is 2.60. The molecule has 1 aromatic rings. The van der Waals surface area contributed by atoms with E-state index in [-0.39, 0.29) is 6.04 Å². The number of aromatic nitrogens is 1. The van der Waals surface area contributed by atoms with Gasteiger partial charge in [0, 0.05) is 19.4 Å². The predicted molar refractivity (Wildman–Crippen MR) is 59.0 cm³/mol. The van der Waals surface area contributed by atoms with Gasteiger partial charge in [-0.15, -0.1) is 0 Å². The monoisotopic (exact) mass is 219 g/mol. The Labute approximate surface area is 93.4 Å². The highest BCUT2D eigenvalue weighted by atomic mass is 16.4. The van der Waals surface area contributed by atoms with Crippen molar-refractivity contribution in [1.82, 2.24) is 9.99 Å². The fourth-order valence-corrected chi connectivity index (χ4v) is 2.09. The zero-order valence-electron chi connectivity index (χ0n) is 9.16. The first-order valence-electron chi connectivity index (χ1n) is 5.02. The summed E-state index contributed by atoms with van der Waals surface area (Å²) in [6, 6.07) is 3.42. The fraction of sp³-hybridized carbons (Fsp3) is 0.364. The van der Waals surface area contributed by atoms with E-state index in [9.17, 15) is 9.90 Å². The minimum atomic E-state index is -0.848. The van der Waals surface area contributed by atoms with E-state index < -0.39 is 11.9 Å². The summed E-state index contributed by atoms with van der Waals surface area (Å²) in [7, 11) is 1.78. The van der Waals surface area contributed by atoms with Crippen LogP contribution in [0.2, 0.25) is 0 Å². The normalized spacial score (nSPS) is 24.4. The van der Waals surface area contributed by atoms with Gasteiger partial charge in [-0.05, 0) is 18.6 Å². The third kappa shape index (κ3) is 1.64. The number of nitrogens with zero attached hydrogens (tertiary/aromatic N) is 3. The molecule has 0 saturated carbocycles. The highest BCUT2D eigenvalue weighted by Crippen LogP contribution is 2.33. The number of rotatable bonds is 2. The molecule has 0 fully saturated rings. The summed E-state index contributed by atoms with van der Waals surface area (Å²) in [5, 5.41) is 15.1. The first-order valence-corrected chi connectivity index (χ1v) is 5.02. The molecule has 2 rings (SSSR count). The van der Waals surface area contributed by atoms with Gasteiger partial charge in [0.25, 0.3) is 0 Å². The van der Waals surface area contributed by atoms with E-state index in [1.807, 2.05) is 6.07 Å². The molecule has 5 nitrogen and oxygen atoms in total. The van der Waals surface area contributed by atoms with Crippen molar-refractivity contribution in [3.8, 4) is 0 Å². The third-order valence-corrected chi connectivity index (χ3v) is 2.78. The van der Waals surface area contributed by atoms with Crippen LogP contribution in [0.4, 0.5) is 0 Å². The van der Waals surface area contributed by atoms with Crippen LogP contribution in [0.3, 0.4) is 0 Å². The van der Waals surface area contributed by atoms with Gasteiger partial charge in [-0.1, -0.05) is 6.07 Å². The van der Waals surface area contributed by atoms with Crippen LogP contribution in [0.1, 0.15) is 18.5 Å². The van der Waals surface area contributed by atoms with Crippen LogP contribution in [-0.2, 0) is 4.79 Å². The zero-order chi connectivity index (χ0) is 11.7. The number of aliphatic carboxylic acids is 1. The first kappa shape index (κ1) is 10.6. The first-order chi connectivity index (χ1) is 7.61. The van der Waals surface area contributed by atoms with Crippen molar-refractivity contribution in [3.63, 3.8) is 0 Å². The van der Waals surface area contributed by atoms with Crippen LogP contribution in [-0.4, -0.2) is 33.8 Å². The largest absolute Gasteiger partial charge is 0.481 e. The summed E-state index contributed by atoms with van der Waals surface area (Å²) >= 11 is 0. The number of hydrogen-bond acceptors (Lipinski definition) is 4. The molecule has 2 atom stereocenters. The van der Waals surface area contributed by atoms with Gasteiger partial charge in [-0.25, -0.2) is 0 Å². The number of hydrazone groups is 1. The van der Waals surface area contributed by atoms with Gasteiger partial charge in [0.2, 0.25) is 0 Å². The maximum absolute atomic E-state index is 11.2. The van der Waals surface area contributed by atoms with Gasteiger partial charge in [0.1, 0.15) is 5.92 Å². The quantitative estimate of drug-likeness (QED) is 0.810. The molecule has 5 heteroatoms. The second kappa shape index (κ2) is 3.92. The smallest absolute Gasteiger partial charge is 0.314 e. The summed E-state index contributed by atoms with van der Waals surface area (Å²) in [4.78, 5) is 15.2. The predicted octanol–water partition coefficient (Wildman–Crippen LogP) is 1.14. The second-order valence-electron chi connectivity index (χ2n) is 3.86. The van der Waals surface area contributed by atoms with Gasteiger partial charge in [-0.3, -0.25) is 14.8 Å². The molecule has 1 aliphatic heterocycles. The number of carbonyl (C=O) groups is 1. The van der Waals surface area contributed by atoms with Crippen molar-refractivity contribution in [2.45, 2.75) is 13.0 Å². The molecule has 2 unspecified atom stereocenters. The zero-order valence-corrected chi connectivity index (χ0v) is 9.16. The lowest BCUT2D eigenvalue weighted by molar-refractivity contribution is -0.140. The van der Waals surface area contributed by atoms with E-state index in [2.05, 4.69) is 10.1 Å². The molecule has 0 saturated heterocycles. The van der Waals surface area contributed by atoms with Crippen molar-refractivity contribution < 1.29 is 9.90 Å². The van der Waals surface area contributed by atoms with E-state index in [4.69, 9.17) is 0 Å². The van der Waals surface area contributed by atoms with Crippen molar-refractivity contribution in [1.29, 1.82) is 0 Å². The van der Waals surface area contributed by atoms with E-state index in [1.54, 1.807) is 37.4 Å². The molecule has 1 N–H and O–H groups in total. The Bertz CT molecular complexity index is 430. The Morgan fingerprint density at radius 2 is 2.31 bits per heavy atom. The Morgan fingerprint density at radius 3 is 2.88 bits per heavy atom. The molecule has 0 amide bonds. The van der Waals surface area contributed by atoms with Crippen molar-refractivity contribution >= 4 is 11.7 Å². The molecule has 1 aromatic heterocycles. The van der Waals surface area contributed by atoms with Crippen LogP contribution >= 0.6 is 0 Å². The number of carboxylic acids is 1. The minimum absolute atomic E-state index is 0.258. The molecule has 0 spiro atoms. The molecular formula is C11H13N3O2. The third-order valence-electron chi connectivity index (χ3n) is 2.78. The lowest BCUT2D eigenvalue weighted by Crippen LogP contribution is -2.28. The van der Waals surface area contributed by atoms with E-state index in [0.29, 0.717) is 5.71 Å². The molecule has 0 bridgehead atoms. The van der Waals surface area contributed by atoms with Gasteiger partial charge in [-0.2, -0.15) is 5.10 Å². The van der Waals surface area contributed by atoms with Crippen molar-refractivity contribution in [3.05, 3.63) is 30.1 Å². The van der Waals surface area contributed by atoms with Crippen LogP contribution in [0, 0.1) is 5.92 Å². The highest BCUT2D eigenvalue weighted by molar-refractivity contribution is 6.02. The standard InChI is InChI=1S/C11H13N3O2/c1-7-9(11(15)16)10(14(2)13-7)8-4-3-5-12-6-8/h3-6,9-10H,1-2H3,(H,15,16). The van der Waals surface area contributed by atoms with Gasteiger partial charge in [0.05, 0.1) is 11.8 Å². The van der Waals surface area contributed by atoms with Gasteiger partial charge in [0.15, 0.2) is 0 Å². The second-order valence-corrected chi connectivity index (χ2v) is 3.86.